The minimum Gasteiger partial charge on any atom is -0.462 e. The van der Waals surface area contributed by atoms with Crippen LogP contribution in [0.3, 0.4) is 0 Å². The molecule has 0 heterocycles. The zero-order valence-corrected chi connectivity index (χ0v) is 35.3. The molecule has 6 heteroatoms. The highest BCUT2D eigenvalue weighted by Gasteiger charge is 2.19. The van der Waals surface area contributed by atoms with Crippen LogP contribution in [-0.2, 0) is 28.6 Å². The molecule has 0 aromatic carbocycles. The number of unbranched alkanes of at least 4 members (excludes halogenated alkanes) is 27. The number of rotatable bonds is 41. The van der Waals surface area contributed by atoms with Gasteiger partial charge in [-0.2, -0.15) is 0 Å². The van der Waals surface area contributed by atoms with E-state index in [4.69, 9.17) is 14.2 Å². The van der Waals surface area contributed by atoms with E-state index in [2.05, 4.69) is 27.7 Å². The summed E-state index contributed by atoms with van der Waals surface area (Å²) in [6, 6.07) is 0. The van der Waals surface area contributed by atoms with Gasteiger partial charge in [0.05, 0.1) is 0 Å². The van der Waals surface area contributed by atoms with Crippen LogP contribution in [0.4, 0.5) is 0 Å². The van der Waals surface area contributed by atoms with Gasteiger partial charge in [0, 0.05) is 19.3 Å². The van der Waals surface area contributed by atoms with Gasteiger partial charge < -0.3 is 14.2 Å². The summed E-state index contributed by atoms with van der Waals surface area (Å²) in [6.45, 7) is 8.98. The molecule has 0 saturated carbocycles. The van der Waals surface area contributed by atoms with Crippen molar-refractivity contribution in [3.63, 3.8) is 0 Å². The fraction of sp³-hybridized carbons (Fsp3) is 0.935. The Balaban J connectivity index is 4.24. The standard InChI is InChI=1S/C46H88O6/c1-5-8-10-12-14-15-16-17-18-22-26-29-33-37-44(47)50-40-43(52-46(49)39-35-31-24-13-11-9-6-2)41-51-45(48)38-34-30-27-23-20-19-21-25-28-32-36-42(4)7-3/h42-43H,5-41H2,1-4H3/t42?,43-/m1/s1. The lowest BCUT2D eigenvalue weighted by Crippen LogP contribution is -2.30. The third-order valence-corrected chi connectivity index (χ3v) is 10.7. The van der Waals surface area contributed by atoms with E-state index in [-0.39, 0.29) is 31.1 Å². The summed E-state index contributed by atoms with van der Waals surface area (Å²) in [5, 5.41) is 0. The lowest BCUT2D eigenvalue weighted by atomic mass is 9.99. The molecule has 0 aromatic rings. The van der Waals surface area contributed by atoms with Crippen molar-refractivity contribution in [2.75, 3.05) is 13.2 Å². The molecule has 0 radical (unpaired) electrons. The maximum absolute atomic E-state index is 12.6. The summed E-state index contributed by atoms with van der Waals surface area (Å²) in [6.07, 6.45) is 39.4. The second-order valence-electron chi connectivity index (χ2n) is 15.9. The van der Waals surface area contributed by atoms with Gasteiger partial charge in [-0.1, -0.05) is 214 Å². The first-order valence-corrected chi connectivity index (χ1v) is 22.9. The minimum atomic E-state index is -0.758. The van der Waals surface area contributed by atoms with E-state index in [1.165, 1.54) is 148 Å². The molecule has 0 aliphatic heterocycles. The van der Waals surface area contributed by atoms with Crippen LogP contribution in [0.25, 0.3) is 0 Å². The number of carbonyl (C=O) groups excluding carboxylic acids is 3. The number of hydrogen-bond donors (Lipinski definition) is 0. The Morgan fingerprint density at radius 3 is 1.00 bits per heavy atom. The van der Waals surface area contributed by atoms with Crippen LogP contribution in [0.15, 0.2) is 0 Å². The first kappa shape index (κ1) is 50.4. The highest BCUT2D eigenvalue weighted by atomic mass is 16.6. The van der Waals surface area contributed by atoms with Crippen LogP contribution < -0.4 is 0 Å². The van der Waals surface area contributed by atoms with Gasteiger partial charge in [0.25, 0.3) is 0 Å². The Bertz CT molecular complexity index is 783. The van der Waals surface area contributed by atoms with Crippen molar-refractivity contribution in [1.29, 1.82) is 0 Å². The predicted octanol–water partition coefficient (Wildman–Crippen LogP) is 14.3. The van der Waals surface area contributed by atoms with E-state index in [0.29, 0.717) is 19.3 Å². The van der Waals surface area contributed by atoms with Crippen LogP contribution >= 0.6 is 0 Å². The fourth-order valence-corrected chi connectivity index (χ4v) is 6.77. The maximum atomic E-state index is 12.6. The molecule has 0 aliphatic rings. The highest BCUT2D eigenvalue weighted by molar-refractivity contribution is 5.71. The van der Waals surface area contributed by atoms with Crippen LogP contribution in [0.2, 0.25) is 0 Å². The molecule has 1 unspecified atom stereocenters. The largest absolute Gasteiger partial charge is 0.462 e. The second kappa shape index (κ2) is 40.6. The van der Waals surface area contributed by atoms with E-state index < -0.39 is 6.10 Å². The molecule has 2 atom stereocenters. The molecule has 52 heavy (non-hydrogen) atoms. The average Bonchev–Trinajstić information content (AvgIpc) is 3.14. The molecule has 0 rings (SSSR count). The maximum Gasteiger partial charge on any atom is 0.306 e. The Hall–Kier alpha value is -1.59. The van der Waals surface area contributed by atoms with Gasteiger partial charge in [-0.3, -0.25) is 14.4 Å². The van der Waals surface area contributed by atoms with Crippen LogP contribution in [0.1, 0.15) is 252 Å². The van der Waals surface area contributed by atoms with Crippen LogP contribution in [0, 0.1) is 5.92 Å². The van der Waals surface area contributed by atoms with E-state index in [9.17, 15) is 14.4 Å². The smallest absolute Gasteiger partial charge is 0.306 e. The van der Waals surface area contributed by atoms with Crippen molar-refractivity contribution >= 4 is 17.9 Å². The Morgan fingerprint density at radius 1 is 0.385 bits per heavy atom. The summed E-state index contributed by atoms with van der Waals surface area (Å²) < 4.78 is 16.7. The number of carbonyl (C=O) groups is 3. The van der Waals surface area contributed by atoms with Crippen LogP contribution in [-0.4, -0.2) is 37.2 Å². The highest BCUT2D eigenvalue weighted by Crippen LogP contribution is 2.17. The third-order valence-electron chi connectivity index (χ3n) is 10.7. The summed E-state index contributed by atoms with van der Waals surface area (Å²) in [5.41, 5.74) is 0. The van der Waals surface area contributed by atoms with Gasteiger partial charge in [-0.05, 0) is 25.2 Å². The molecule has 0 spiro atoms. The number of ether oxygens (including phenoxy) is 3. The van der Waals surface area contributed by atoms with Crippen molar-refractivity contribution in [3.05, 3.63) is 0 Å². The molecule has 0 amide bonds. The first-order chi connectivity index (χ1) is 25.4. The predicted molar refractivity (Wildman–Crippen MR) is 220 cm³/mol. The van der Waals surface area contributed by atoms with Crippen molar-refractivity contribution in [3.8, 4) is 0 Å². The molecular formula is C46H88O6. The monoisotopic (exact) mass is 737 g/mol. The summed E-state index contributed by atoms with van der Waals surface area (Å²) in [4.78, 5) is 37.6. The molecule has 0 N–H and O–H groups in total. The first-order valence-electron chi connectivity index (χ1n) is 22.9. The minimum absolute atomic E-state index is 0.0643. The Labute approximate surface area is 323 Å². The van der Waals surface area contributed by atoms with Crippen LogP contribution in [0.5, 0.6) is 0 Å². The van der Waals surface area contributed by atoms with E-state index in [1.54, 1.807) is 0 Å². The van der Waals surface area contributed by atoms with Gasteiger partial charge in [-0.25, -0.2) is 0 Å². The van der Waals surface area contributed by atoms with E-state index >= 15 is 0 Å². The van der Waals surface area contributed by atoms with Crippen molar-refractivity contribution in [1.82, 2.24) is 0 Å². The average molecular weight is 737 g/mol. The zero-order chi connectivity index (χ0) is 38.2. The van der Waals surface area contributed by atoms with Crippen molar-refractivity contribution in [2.24, 2.45) is 5.92 Å². The molecule has 0 bridgehead atoms. The quantitative estimate of drug-likeness (QED) is 0.0353. The fourth-order valence-electron chi connectivity index (χ4n) is 6.77. The van der Waals surface area contributed by atoms with Gasteiger partial charge in [0.1, 0.15) is 13.2 Å². The molecule has 6 nitrogen and oxygen atoms in total. The normalized spacial score (nSPS) is 12.5. The number of esters is 3. The van der Waals surface area contributed by atoms with E-state index in [0.717, 1.165) is 63.7 Å². The summed E-state index contributed by atoms with van der Waals surface area (Å²) >= 11 is 0. The Morgan fingerprint density at radius 2 is 0.673 bits per heavy atom. The summed E-state index contributed by atoms with van der Waals surface area (Å²) in [7, 11) is 0. The molecule has 0 saturated heterocycles. The molecule has 0 fully saturated rings. The number of hydrogen-bond acceptors (Lipinski definition) is 6. The lowest BCUT2D eigenvalue weighted by Gasteiger charge is -2.18. The van der Waals surface area contributed by atoms with Crippen molar-refractivity contribution < 1.29 is 28.6 Å². The van der Waals surface area contributed by atoms with Gasteiger partial charge in [0.15, 0.2) is 6.10 Å². The van der Waals surface area contributed by atoms with Gasteiger partial charge in [-0.15, -0.1) is 0 Å². The molecule has 308 valence electrons. The molecule has 0 aliphatic carbocycles. The molecule has 0 aromatic heterocycles. The van der Waals surface area contributed by atoms with Crippen molar-refractivity contribution in [2.45, 2.75) is 259 Å². The third kappa shape index (κ3) is 38.1. The van der Waals surface area contributed by atoms with Gasteiger partial charge >= 0.3 is 17.9 Å². The molecular weight excluding hydrogens is 649 g/mol. The summed E-state index contributed by atoms with van der Waals surface area (Å²) in [5.74, 6) is 0.00945. The SMILES string of the molecule is CCCCCCCCCCCCCCCC(=O)OC[C@H](COC(=O)CCCCCCCCCCCCC(C)CC)OC(=O)CCCCCCCCC. The lowest BCUT2D eigenvalue weighted by molar-refractivity contribution is -0.167. The zero-order valence-electron chi connectivity index (χ0n) is 35.3. The second-order valence-corrected chi connectivity index (χ2v) is 15.9. The van der Waals surface area contributed by atoms with E-state index in [1.807, 2.05) is 0 Å². The Kier molecular flexibility index (Phi) is 39.4. The van der Waals surface area contributed by atoms with Gasteiger partial charge in [0.2, 0.25) is 0 Å². The topological polar surface area (TPSA) is 78.9 Å².